The molecule has 0 aliphatic heterocycles. The van der Waals surface area contributed by atoms with E-state index in [1.807, 2.05) is 55.1 Å². The summed E-state index contributed by atoms with van der Waals surface area (Å²) in [5, 5.41) is 0.479. The number of halogens is 1. The molecule has 1 amide bonds. The van der Waals surface area contributed by atoms with E-state index in [4.69, 9.17) is 14.5 Å². The van der Waals surface area contributed by atoms with Gasteiger partial charge < -0.3 is 14.4 Å². The SMILES string of the molecule is CCCC(=O)N(CCc1ccccc1)C(C)c1nc2ccccc2c(=O)n1-c1cc(OC)cc(OC)c1Br. The van der Waals surface area contributed by atoms with Crippen LogP contribution in [0.25, 0.3) is 16.6 Å². The molecule has 1 aromatic heterocycles. The molecule has 8 heteroatoms. The quantitative estimate of drug-likeness (QED) is 0.228. The number of carbonyl (C=O) groups is 1. The van der Waals surface area contributed by atoms with Gasteiger partial charge in [-0.25, -0.2) is 4.98 Å². The number of fused-ring (bicyclic) bond motifs is 1. The minimum atomic E-state index is -0.487. The molecule has 0 bridgehead atoms. The molecule has 38 heavy (non-hydrogen) atoms. The Hall–Kier alpha value is -3.65. The number of aromatic nitrogens is 2. The van der Waals surface area contributed by atoms with E-state index in [1.54, 1.807) is 37.0 Å². The van der Waals surface area contributed by atoms with Crippen LogP contribution in [0, 0.1) is 0 Å². The van der Waals surface area contributed by atoms with E-state index in [0.717, 1.165) is 12.0 Å². The highest BCUT2D eigenvalue weighted by Crippen LogP contribution is 2.37. The molecule has 0 N–H and O–H groups in total. The van der Waals surface area contributed by atoms with E-state index in [1.165, 1.54) is 0 Å². The van der Waals surface area contributed by atoms with Crippen LogP contribution in [0.2, 0.25) is 0 Å². The monoisotopic (exact) mass is 577 g/mol. The van der Waals surface area contributed by atoms with Gasteiger partial charge >= 0.3 is 0 Å². The van der Waals surface area contributed by atoms with Crippen molar-refractivity contribution >= 4 is 32.7 Å². The van der Waals surface area contributed by atoms with Crippen LogP contribution in [0.1, 0.15) is 44.1 Å². The van der Waals surface area contributed by atoms with Crippen LogP contribution in [0.5, 0.6) is 11.5 Å². The zero-order valence-corrected chi connectivity index (χ0v) is 23.7. The lowest BCUT2D eigenvalue weighted by atomic mass is 10.1. The van der Waals surface area contributed by atoms with Gasteiger partial charge in [0.2, 0.25) is 5.91 Å². The molecule has 4 aromatic rings. The smallest absolute Gasteiger partial charge is 0.266 e. The maximum absolute atomic E-state index is 14.0. The minimum absolute atomic E-state index is 0.0205. The van der Waals surface area contributed by atoms with Gasteiger partial charge in [0.25, 0.3) is 5.56 Å². The standard InChI is InChI=1S/C30H32BrN3O4/c1-5-11-27(35)33(17-16-21-12-7-6-8-13-21)20(2)29-32-24-15-10-9-14-23(24)30(36)34(29)25-18-22(37-3)19-26(38-4)28(25)31/h6-10,12-15,18-20H,5,11,16-17H2,1-4H3. The zero-order chi connectivity index (χ0) is 27.2. The summed E-state index contributed by atoms with van der Waals surface area (Å²) in [7, 11) is 3.12. The molecule has 0 fully saturated rings. The predicted octanol–water partition coefficient (Wildman–Crippen LogP) is 6.10. The fraction of sp³-hybridized carbons (Fsp3) is 0.300. The molecule has 0 radical (unpaired) electrons. The second-order valence-corrected chi connectivity index (χ2v) is 9.83. The summed E-state index contributed by atoms with van der Waals surface area (Å²) in [5.41, 5.74) is 2.00. The zero-order valence-electron chi connectivity index (χ0n) is 22.1. The van der Waals surface area contributed by atoms with Gasteiger partial charge in [-0.05, 0) is 53.4 Å². The van der Waals surface area contributed by atoms with Crippen LogP contribution >= 0.6 is 15.9 Å². The molecule has 0 saturated heterocycles. The Bertz CT molecular complexity index is 1490. The number of benzene rings is 3. The van der Waals surface area contributed by atoms with Crippen molar-refractivity contribution in [1.82, 2.24) is 14.5 Å². The predicted molar refractivity (Wildman–Crippen MR) is 153 cm³/mol. The Balaban J connectivity index is 1.92. The average molecular weight is 579 g/mol. The molecule has 0 aliphatic carbocycles. The third kappa shape index (κ3) is 5.60. The Morgan fingerprint density at radius 3 is 2.45 bits per heavy atom. The van der Waals surface area contributed by atoms with Crippen LogP contribution in [-0.4, -0.2) is 41.1 Å². The largest absolute Gasteiger partial charge is 0.497 e. The summed E-state index contributed by atoms with van der Waals surface area (Å²) in [6.07, 6.45) is 1.83. The van der Waals surface area contributed by atoms with Crippen molar-refractivity contribution in [3.8, 4) is 17.2 Å². The summed E-state index contributed by atoms with van der Waals surface area (Å²) >= 11 is 3.63. The summed E-state index contributed by atoms with van der Waals surface area (Å²) in [4.78, 5) is 34.2. The maximum atomic E-state index is 14.0. The lowest BCUT2D eigenvalue weighted by Crippen LogP contribution is -2.38. The number of carbonyl (C=O) groups excluding carboxylic acids is 1. The normalized spacial score (nSPS) is 11.8. The third-order valence-corrected chi connectivity index (χ3v) is 7.40. The van der Waals surface area contributed by atoms with Crippen molar-refractivity contribution in [1.29, 1.82) is 0 Å². The molecule has 4 rings (SSSR count). The van der Waals surface area contributed by atoms with Crippen molar-refractivity contribution in [2.24, 2.45) is 0 Å². The summed E-state index contributed by atoms with van der Waals surface area (Å²) in [5.74, 6) is 1.53. The molecule has 1 unspecified atom stereocenters. The van der Waals surface area contributed by atoms with Gasteiger partial charge in [0, 0.05) is 25.1 Å². The van der Waals surface area contributed by atoms with Gasteiger partial charge in [-0.1, -0.05) is 49.4 Å². The summed E-state index contributed by atoms with van der Waals surface area (Å²) < 4.78 is 13.2. The van der Waals surface area contributed by atoms with Gasteiger partial charge in [0.1, 0.15) is 17.3 Å². The first-order valence-electron chi connectivity index (χ1n) is 12.7. The fourth-order valence-corrected chi connectivity index (χ4v) is 5.14. The number of ether oxygens (including phenoxy) is 2. The van der Waals surface area contributed by atoms with Crippen molar-refractivity contribution < 1.29 is 14.3 Å². The molecule has 0 saturated carbocycles. The molecular weight excluding hydrogens is 546 g/mol. The van der Waals surface area contributed by atoms with E-state index < -0.39 is 6.04 Å². The fourth-order valence-electron chi connectivity index (χ4n) is 4.58. The molecular formula is C30H32BrN3O4. The summed E-state index contributed by atoms with van der Waals surface area (Å²) in [6, 6.07) is 20.3. The first kappa shape index (κ1) is 27.4. The van der Waals surface area contributed by atoms with Gasteiger partial charge in [0.15, 0.2) is 0 Å². The van der Waals surface area contributed by atoms with E-state index in [-0.39, 0.29) is 11.5 Å². The number of amides is 1. The van der Waals surface area contributed by atoms with Gasteiger partial charge in [-0.3, -0.25) is 14.2 Å². The Morgan fingerprint density at radius 1 is 1.05 bits per heavy atom. The number of hydrogen-bond donors (Lipinski definition) is 0. The van der Waals surface area contributed by atoms with Crippen molar-refractivity contribution in [2.45, 2.75) is 39.2 Å². The molecule has 198 valence electrons. The first-order valence-corrected chi connectivity index (χ1v) is 13.5. The topological polar surface area (TPSA) is 73.7 Å². The number of rotatable bonds is 10. The van der Waals surface area contributed by atoms with E-state index >= 15 is 0 Å². The molecule has 1 atom stereocenters. The Morgan fingerprint density at radius 2 is 1.76 bits per heavy atom. The molecule has 0 spiro atoms. The van der Waals surface area contributed by atoms with Crippen molar-refractivity contribution in [2.75, 3.05) is 20.8 Å². The van der Waals surface area contributed by atoms with Crippen molar-refractivity contribution in [3.63, 3.8) is 0 Å². The first-order chi connectivity index (χ1) is 18.4. The van der Waals surface area contributed by atoms with E-state index in [9.17, 15) is 9.59 Å². The van der Waals surface area contributed by atoms with Crippen LogP contribution < -0.4 is 15.0 Å². The van der Waals surface area contributed by atoms with Crippen LogP contribution in [0.4, 0.5) is 0 Å². The number of para-hydroxylation sites is 1. The van der Waals surface area contributed by atoms with Gasteiger partial charge in [-0.2, -0.15) is 0 Å². The number of nitrogens with zero attached hydrogens (tertiary/aromatic N) is 3. The second kappa shape index (κ2) is 12.3. The molecule has 3 aromatic carbocycles. The van der Waals surface area contributed by atoms with Crippen LogP contribution in [0.3, 0.4) is 0 Å². The summed E-state index contributed by atoms with van der Waals surface area (Å²) in [6.45, 7) is 4.41. The Labute approximate surface area is 231 Å². The highest BCUT2D eigenvalue weighted by Gasteiger charge is 2.28. The third-order valence-electron chi connectivity index (χ3n) is 6.60. The highest BCUT2D eigenvalue weighted by molar-refractivity contribution is 9.10. The highest BCUT2D eigenvalue weighted by atomic mass is 79.9. The van der Waals surface area contributed by atoms with Crippen LogP contribution in [-0.2, 0) is 11.2 Å². The lowest BCUT2D eigenvalue weighted by Gasteiger charge is -2.31. The van der Waals surface area contributed by atoms with Crippen LogP contribution in [0.15, 0.2) is 76.0 Å². The second-order valence-electron chi connectivity index (χ2n) is 9.04. The number of hydrogen-bond acceptors (Lipinski definition) is 5. The average Bonchev–Trinajstić information content (AvgIpc) is 2.94. The van der Waals surface area contributed by atoms with E-state index in [0.29, 0.717) is 57.8 Å². The van der Waals surface area contributed by atoms with Gasteiger partial charge in [-0.15, -0.1) is 0 Å². The maximum Gasteiger partial charge on any atom is 0.266 e. The number of methoxy groups -OCH3 is 2. The van der Waals surface area contributed by atoms with Gasteiger partial charge in [0.05, 0.1) is 41.3 Å². The minimum Gasteiger partial charge on any atom is -0.497 e. The van der Waals surface area contributed by atoms with E-state index in [2.05, 4.69) is 28.1 Å². The molecule has 1 heterocycles. The lowest BCUT2D eigenvalue weighted by molar-refractivity contribution is -0.133. The molecule has 7 nitrogen and oxygen atoms in total. The molecule has 0 aliphatic rings. The van der Waals surface area contributed by atoms with Crippen molar-refractivity contribution in [3.05, 3.63) is 92.9 Å². The Kier molecular flexibility index (Phi) is 8.84.